The van der Waals surface area contributed by atoms with E-state index in [1.165, 1.54) is 0 Å². The quantitative estimate of drug-likeness (QED) is 0.578. The third kappa shape index (κ3) is 1.93. The van der Waals surface area contributed by atoms with Crippen molar-refractivity contribution in [2.24, 2.45) is 5.73 Å². The number of hydrogen-bond acceptors (Lipinski definition) is 3. The van der Waals surface area contributed by atoms with Gasteiger partial charge in [-0.25, -0.2) is 0 Å². The van der Waals surface area contributed by atoms with Crippen LogP contribution < -0.4 is 5.73 Å². The number of methoxy groups -OCH3 is 1. The van der Waals surface area contributed by atoms with E-state index < -0.39 is 0 Å². The predicted molar refractivity (Wildman–Crippen MR) is 34.0 cm³/mol. The van der Waals surface area contributed by atoms with Gasteiger partial charge in [0.2, 0.25) is 0 Å². The zero-order valence-corrected chi connectivity index (χ0v) is 5.67. The molecule has 0 spiro atoms. The molecule has 0 aliphatic carbocycles. The SMILES string of the molecule is COCC1CCC(N)O1. The maximum Gasteiger partial charge on any atom is 0.106 e. The van der Waals surface area contributed by atoms with Gasteiger partial charge in [-0.1, -0.05) is 0 Å². The van der Waals surface area contributed by atoms with Crippen molar-refractivity contribution in [3.63, 3.8) is 0 Å². The van der Waals surface area contributed by atoms with Crippen LogP contribution in [-0.4, -0.2) is 26.0 Å². The van der Waals surface area contributed by atoms with E-state index >= 15 is 0 Å². The summed E-state index contributed by atoms with van der Waals surface area (Å²) in [6.45, 7) is 0.674. The van der Waals surface area contributed by atoms with Gasteiger partial charge in [-0.3, -0.25) is 0 Å². The Kier molecular flexibility index (Phi) is 2.45. The van der Waals surface area contributed by atoms with Crippen LogP contribution in [0.5, 0.6) is 0 Å². The van der Waals surface area contributed by atoms with Crippen molar-refractivity contribution >= 4 is 0 Å². The molecule has 54 valence electrons. The molecule has 3 heteroatoms. The third-order valence-corrected chi connectivity index (χ3v) is 1.49. The van der Waals surface area contributed by atoms with Gasteiger partial charge in [-0.2, -0.15) is 0 Å². The number of rotatable bonds is 2. The first-order valence-electron chi connectivity index (χ1n) is 3.23. The fourth-order valence-corrected chi connectivity index (χ4v) is 1.04. The molecule has 1 heterocycles. The first-order chi connectivity index (χ1) is 4.33. The second-order valence-corrected chi connectivity index (χ2v) is 2.33. The first-order valence-corrected chi connectivity index (χ1v) is 3.23. The molecule has 0 aromatic carbocycles. The summed E-state index contributed by atoms with van der Waals surface area (Å²) < 4.78 is 10.1. The average Bonchev–Trinajstić information content (AvgIpc) is 2.17. The minimum Gasteiger partial charge on any atom is -0.382 e. The second-order valence-electron chi connectivity index (χ2n) is 2.33. The molecule has 1 aliphatic heterocycles. The van der Waals surface area contributed by atoms with Gasteiger partial charge in [0.05, 0.1) is 12.7 Å². The molecule has 1 saturated heterocycles. The van der Waals surface area contributed by atoms with Crippen LogP contribution >= 0.6 is 0 Å². The highest BCUT2D eigenvalue weighted by Crippen LogP contribution is 2.15. The molecular formula is C6H13NO2. The lowest BCUT2D eigenvalue weighted by Gasteiger charge is -2.07. The van der Waals surface area contributed by atoms with E-state index in [0.717, 1.165) is 12.8 Å². The van der Waals surface area contributed by atoms with E-state index in [2.05, 4.69) is 0 Å². The molecule has 0 bridgehead atoms. The van der Waals surface area contributed by atoms with Crippen LogP contribution in [0.1, 0.15) is 12.8 Å². The molecular weight excluding hydrogens is 118 g/mol. The van der Waals surface area contributed by atoms with Crippen molar-refractivity contribution in [2.45, 2.75) is 25.2 Å². The Morgan fingerprint density at radius 3 is 2.89 bits per heavy atom. The van der Waals surface area contributed by atoms with Gasteiger partial charge in [-0.05, 0) is 12.8 Å². The molecule has 0 radical (unpaired) electrons. The van der Waals surface area contributed by atoms with E-state index in [9.17, 15) is 0 Å². The lowest BCUT2D eigenvalue weighted by Crippen LogP contribution is -2.21. The zero-order valence-electron chi connectivity index (χ0n) is 5.67. The van der Waals surface area contributed by atoms with E-state index in [-0.39, 0.29) is 12.3 Å². The van der Waals surface area contributed by atoms with Crippen molar-refractivity contribution in [3.8, 4) is 0 Å². The zero-order chi connectivity index (χ0) is 6.69. The Bertz CT molecular complexity index is 85.1. The topological polar surface area (TPSA) is 44.5 Å². The summed E-state index contributed by atoms with van der Waals surface area (Å²) in [5, 5.41) is 0. The van der Waals surface area contributed by atoms with Crippen molar-refractivity contribution in [3.05, 3.63) is 0 Å². The maximum atomic E-state index is 5.48. The Labute approximate surface area is 55.1 Å². The lowest BCUT2D eigenvalue weighted by molar-refractivity contribution is 0.00120. The second kappa shape index (κ2) is 3.15. The van der Waals surface area contributed by atoms with Gasteiger partial charge in [0, 0.05) is 7.11 Å². The largest absolute Gasteiger partial charge is 0.382 e. The average molecular weight is 131 g/mol. The standard InChI is InChI=1S/C6H13NO2/c1-8-4-5-2-3-6(7)9-5/h5-6H,2-4,7H2,1H3. The fourth-order valence-electron chi connectivity index (χ4n) is 1.04. The van der Waals surface area contributed by atoms with E-state index in [4.69, 9.17) is 15.2 Å². The van der Waals surface area contributed by atoms with Gasteiger partial charge < -0.3 is 15.2 Å². The van der Waals surface area contributed by atoms with Crippen molar-refractivity contribution in [1.82, 2.24) is 0 Å². The molecule has 2 unspecified atom stereocenters. The number of nitrogens with two attached hydrogens (primary N) is 1. The smallest absolute Gasteiger partial charge is 0.106 e. The summed E-state index contributed by atoms with van der Waals surface area (Å²) in [5.41, 5.74) is 5.48. The van der Waals surface area contributed by atoms with Crippen molar-refractivity contribution in [2.75, 3.05) is 13.7 Å². The van der Waals surface area contributed by atoms with E-state index in [0.29, 0.717) is 6.61 Å². The summed E-state index contributed by atoms with van der Waals surface area (Å²) >= 11 is 0. The summed E-state index contributed by atoms with van der Waals surface area (Å²) in [6.07, 6.45) is 2.19. The predicted octanol–water partition coefficient (Wildman–Crippen LogP) is 0.0966. The Balaban J connectivity index is 2.14. The molecule has 0 saturated carbocycles. The molecule has 3 nitrogen and oxygen atoms in total. The fraction of sp³-hybridized carbons (Fsp3) is 1.00. The molecule has 0 amide bonds. The van der Waals surface area contributed by atoms with Gasteiger partial charge in [0.25, 0.3) is 0 Å². The third-order valence-electron chi connectivity index (χ3n) is 1.49. The van der Waals surface area contributed by atoms with Crippen LogP contribution in [0, 0.1) is 0 Å². The lowest BCUT2D eigenvalue weighted by atomic mass is 10.2. The summed E-state index contributed by atoms with van der Waals surface area (Å²) in [4.78, 5) is 0. The summed E-state index contributed by atoms with van der Waals surface area (Å²) in [7, 11) is 1.67. The van der Waals surface area contributed by atoms with Crippen molar-refractivity contribution in [1.29, 1.82) is 0 Å². The van der Waals surface area contributed by atoms with Crippen LogP contribution in [0.4, 0.5) is 0 Å². The van der Waals surface area contributed by atoms with Crippen LogP contribution in [0.3, 0.4) is 0 Å². The molecule has 0 aromatic heterocycles. The van der Waals surface area contributed by atoms with E-state index in [1.54, 1.807) is 7.11 Å². The minimum absolute atomic E-state index is 0.0508. The Morgan fingerprint density at radius 2 is 2.44 bits per heavy atom. The summed E-state index contributed by atoms with van der Waals surface area (Å²) in [6, 6.07) is 0. The first kappa shape index (κ1) is 6.99. The monoisotopic (exact) mass is 131 g/mol. The normalized spacial score (nSPS) is 35.3. The number of hydrogen-bond donors (Lipinski definition) is 1. The molecule has 2 atom stereocenters. The molecule has 0 aromatic rings. The van der Waals surface area contributed by atoms with Crippen LogP contribution in [-0.2, 0) is 9.47 Å². The van der Waals surface area contributed by atoms with Crippen LogP contribution in [0.25, 0.3) is 0 Å². The Hall–Kier alpha value is -0.120. The highest BCUT2D eigenvalue weighted by molar-refractivity contribution is 4.68. The van der Waals surface area contributed by atoms with Gasteiger partial charge in [0.1, 0.15) is 6.23 Å². The van der Waals surface area contributed by atoms with Crippen LogP contribution in [0.15, 0.2) is 0 Å². The Morgan fingerprint density at radius 1 is 1.67 bits per heavy atom. The van der Waals surface area contributed by atoms with E-state index in [1.807, 2.05) is 0 Å². The van der Waals surface area contributed by atoms with Gasteiger partial charge >= 0.3 is 0 Å². The van der Waals surface area contributed by atoms with Crippen LogP contribution in [0.2, 0.25) is 0 Å². The van der Waals surface area contributed by atoms with Gasteiger partial charge in [-0.15, -0.1) is 0 Å². The maximum absolute atomic E-state index is 5.48. The molecule has 9 heavy (non-hydrogen) atoms. The summed E-state index contributed by atoms with van der Waals surface area (Å²) in [5.74, 6) is 0. The molecule has 1 fully saturated rings. The minimum atomic E-state index is -0.0508. The molecule has 1 aliphatic rings. The highest BCUT2D eigenvalue weighted by atomic mass is 16.5. The molecule has 2 N–H and O–H groups in total. The van der Waals surface area contributed by atoms with Crippen molar-refractivity contribution < 1.29 is 9.47 Å². The number of ether oxygens (including phenoxy) is 2. The van der Waals surface area contributed by atoms with Gasteiger partial charge in [0.15, 0.2) is 0 Å². The highest BCUT2D eigenvalue weighted by Gasteiger charge is 2.21. The molecule has 1 rings (SSSR count).